The average Bonchev–Trinajstić information content (AvgIpc) is 2.93. The topological polar surface area (TPSA) is 87.8 Å². The molecule has 1 unspecified atom stereocenters. The lowest BCUT2D eigenvalue weighted by atomic mass is 10.1. The van der Waals surface area contributed by atoms with E-state index in [1.54, 1.807) is 30.1 Å². The van der Waals surface area contributed by atoms with Crippen molar-refractivity contribution < 1.29 is 14.0 Å². The normalized spacial score (nSPS) is 18.3. The van der Waals surface area contributed by atoms with Gasteiger partial charge in [0.2, 0.25) is 11.8 Å². The van der Waals surface area contributed by atoms with Crippen LogP contribution >= 0.6 is 11.6 Å². The van der Waals surface area contributed by atoms with E-state index in [9.17, 15) is 14.4 Å². The minimum Gasteiger partial charge on any atom is -0.408 e. The number of halogens is 1. The molecule has 1 saturated heterocycles. The molecule has 1 aliphatic rings. The highest BCUT2D eigenvalue weighted by Crippen LogP contribution is 2.19. The minimum absolute atomic E-state index is 0.0952. The lowest BCUT2D eigenvalue weighted by Crippen LogP contribution is -2.58. The summed E-state index contributed by atoms with van der Waals surface area (Å²) in [5.74, 6) is -0.724. The van der Waals surface area contributed by atoms with Gasteiger partial charge in [0.25, 0.3) is 0 Å². The third kappa shape index (κ3) is 3.61. The van der Waals surface area contributed by atoms with Gasteiger partial charge in [0.15, 0.2) is 5.58 Å². The Morgan fingerprint density at radius 3 is 2.85 bits per heavy atom. The van der Waals surface area contributed by atoms with Gasteiger partial charge in [0.1, 0.15) is 6.04 Å². The Hall–Kier alpha value is -2.32. The van der Waals surface area contributed by atoms with Crippen molar-refractivity contribution in [2.24, 2.45) is 0 Å². The third-order valence-corrected chi connectivity index (χ3v) is 4.96. The maximum Gasteiger partial charge on any atom is 0.419 e. The van der Waals surface area contributed by atoms with Crippen LogP contribution < -0.4 is 11.1 Å². The number of piperazine rings is 1. The van der Waals surface area contributed by atoms with Gasteiger partial charge in [-0.2, -0.15) is 0 Å². The van der Waals surface area contributed by atoms with Crippen molar-refractivity contribution in [3.63, 3.8) is 0 Å². The summed E-state index contributed by atoms with van der Waals surface area (Å²) in [6.07, 6.45) is 0.154. The number of likely N-dealkylation sites (N-methyl/N-ethyl adjacent to an activating group) is 2. The van der Waals surface area contributed by atoms with Crippen LogP contribution in [0.3, 0.4) is 0 Å². The van der Waals surface area contributed by atoms with Crippen molar-refractivity contribution in [1.29, 1.82) is 0 Å². The molecule has 26 heavy (non-hydrogen) atoms. The number of amides is 2. The molecule has 1 fully saturated rings. The molecule has 1 aliphatic heterocycles. The first-order valence-electron chi connectivity index (χ1n) is 8.39. The second-order valence-corrected chi connectivity index (χ2v) is 6.77. The van der Waals surface area contributed by atoms with Crippen LogP contribution in [0.4, 0.5) is 0 Å². The van der Waals surface area contributed by atoms with Crippen LogP contribution in [0.25, 0.3) is 11.1 Å². The van der Waals surface area contributed by atoms with Crippen molar-refractivity contribution in [2.75, 3.05) is 33.7 Å². The minimum atomic E-state index is -0.517. The summed E-state index contributed by atoms with van der Waals surface area (Å²) in [5, 5.41) is 3.10. The van der Waals surface area contributed by atoms with E-state index in [0.29, 0.717) is 35.8 Å². The van der Waals surface area contributed by atoms with Crippen molar-refractivity contribution in [1.82, 2.24) is 19.7 Å². The molecule has 1 atom stereocenters. The van der Waals surface area contributed by atoms with E-state index in [2.05, 4.69) is 5.32 Å². The fourth-order valence-electron chi connectivity index (χ4n) is 3.17. The number of hydrogen-bond donors (Lipinski definition) is 1. The van der Waals surface area contributed by atoms with E-state index in [1.807, 2.05) is 11.9 Å². The molecule has 0 saturated carbocycles. The first kappa shape index (κ1) is 18.5. The summed E-state index contributed by atoms with van der Waals surface area (Å²) in [6, 6.07) is 4.58. The molecule has 0 spiro atoms. The van der Waals surface area contributed by atoms with Crippen LogP contribution in [0.15, 0.2) is 27.4 Å². The number of rotatable bonds is 4. The molecule has 2 amide bonds. The number of hydrogen-bond acceptors (Lipinski definition) is 5. The predicted octanol–water partition coefficient (Wildman–Crippen LogP) is 0.527. The van der Waals surface area contributed by atoms with Crippen LogP contribution in [0, 0.1) is 0 Å². The van der Waals surface area contributed by atoms with E-state index >= 15 is 0 Å². The average molecular weight is 381 g/mol. The zero-order chi connectivity index (χ0) is 18.8. The smallest absolute Gasteiger partial charge is 0.408 e. The second-order valence-electron chi connectivity index (χ2n) is 6.33. The lowest BCUT2D eigenvalue weighted by molar-refractivity contribution is -0.137. The zero-order valence-corrected chi connectivity index (χ0v) is 15.5. The summed E-state index contributed by atoms with van der Waals surface area (Å²) in [4.78, 5) is 40.1. The highest BCUT2D eigenvalue weighted by molar-refractivity contribution is 6.31. The van der Waals surface area contributed by atoms with Gasteiger partial charge in [-0.3, -0.25) is 19.1 Å². The first-order valence-corrected chi connectivity index (χ1v) is 8.77. The SMILES string of the molecule is CNC(=O)C1CN(C(=O)CCn2c(=O)oc3cc(Cl)ccc32)CCN1C. The number of aryl methyl sites for hydroxylation is 1. The number of oxazole rings is 1. The Morgan fingerprint density at radius 2 is 2.12 bits per heavy atom. The third-order valence-electron chi connectivity index (χ3n) is 4.73. The molecular weight excluding hydrogens is 360 g/mol. The number of nitrogens with one attached hydrogen (secondary N) is 1. The molecule has 0 bridgehead atoms. The summed E-state index contributed by atoms with van der Waals surface area (Å²) < 4.78 is 6.60. The Balaban J connectivity index is 1.68. The van der Waals surface area contributed by atoms with Crippen LogP contribution in [-0.2, 0) is 16.1 Å². The van der Waals surface area contributed by atoms with Gasteiger partial charge in [-0.05, 0) is 19.2 Å². The standard InChI is InChI=1S/C17H21ClN4O4/c1-19-16(24)13-10-21(8-7-20(13)2)15(23)5-6-22-12-4-3-11(18)9-14(12)26-17(22)25/h3-4,9,13H,5-8,10H2,1-2H3,(H,19,24). The number of benzene rings is 1. The van der Waals surface area contributed by atoms with E-state index in [0.717, 1.165) is 0 Å². The molecule has 140 valence electrons. The largest absolute Gasteiger partial charge is 0.419 e. The molecule has 2 heterocycles. The molecule has 2 aromatic rings. The van der Waals surface area contributed by atoms with Gasteiger partial charge in [-0.1, -0.05) is 11.6 Å². The lowest BCUT2D eigenvalue weighted by Gasteiger charge is -2.38. The van der Waals surface area contributed by atoms with Crippen LogP contribution in [0.2, 0.25) is 5.02 Å². The first-order chi connectivity index (χ1) is 12.4. The van der Waals surface area contributed by atoms with Gasteiger partial charge in [-0.15, -0.1) is 0 Å². The summed E-state index contributed by atoms with van der Waals surface area (Å²) in [7, 11) is 3.45. The Morgan fingerprint density at radius 1 is 1.35 bits per heavy atom. The number of fused-ring (bicyclic) bond motifs is 1. The number of nitrogens with zero attached hydrogens (tertiary/aromatic N) is 3. The van der Waals surface area contributed by atoms with E-state index in [1.165, 1.54) is 4.57 Å². The Bertz CT molecular complexity index is 891. The summed E-state index contributed by atoms with van der Waals surface area (Å²) in [5.41, 5.74) is 1.00. The quantitative estimate of drug-likeness (QED) is 0.835. The molecule has 1 aromatic heterocycles. The molecule has 3 rings (SSSR count). The van der Waals surface area contributed by atoms with Gasteiger partial charge >= 0.3 is 5.76 Å². The van der Waals surface area contributed by atoms with Crippen LogP contribution in [-0.4, -0.2) is 66.0 Å². The number of carbonyl (C=O) groups excluding carboxylic acids is 2. The molecule has 1 N–H and O–H groups in total. The summed E-state index contributed by atoms with van der Waals surface area (Å²) >= 11 is 5.90. The van der Waals surface area contributed by atoms with Gasteiger partial charge in [0.05, 0.1) is 5.52 Å². The molecule has 8 nitrogen and oxygen atoms in total. The molecule has 9 heteroatoms. The van der Waals surface area contributed by atoms with Gasteiger partial charge < -0.3 is 14.6 Å². The molecular formula is C17H21ClN4O4. The van der Waals surface area contributed by atoms with E-state index in [-0.39, 0.29) is 30.8 Å². The monoisotopic (exact) mass is 380 g/mol. The number of carbonyl (C=O) groups is 2. The fraction of sp³-hybridized carbons (Fsp3) is 0.471. The van der Waals surface area contributed by atoms with Crippen molar-refractivity contribution in [3.05, 3.63) is 33.8 Å². The van der Waals surface area contributed by atoms with E-state index < -0.39 is 5.76 Å². The predicted molar refractivity (Wildman–Crippen MR) is 97.2 cm³/mol. The Labute approximate surface area is 155 Å². The molecule has 0 aliphatic carbocycles. The summed E-state index contributed by atoms with van der Waals surface area (Å²) in [6.45, 7) is 1.73. The van der Waals surface area contributed by atoms with E-state index in [4.69, 9.17) is 16.0 Å². The fourth-order valence-corrected chi connectivity index (χ4v) is 3.33. The highest BCUT2D eigenvalue weighted by Gasteiger charge is 2.31. The Kier molecular flexibility index (Phi) is 5.33. The molecule has 1 aromatic carbocycles. The molecule has 0 radical (unpaired) electrons. The number of aromatic nitrogens is 1. The maximum absolute atomic E-state index is 12.6. The van der Waals surface area contributed by atoms with Crippen LogP contribution in [0.5, 0.6) is 0 Å². The van der Waals surface area contributed by atoms with Gasteiger partial charge in [-0.25, -0.2) is 4.79 Å². The van der Waals surface area contributed by atoms with Crippen molar-refractivity contribution in [2.45, 2.75) is 19.0 Å². The van der Waals surface area contributed by atoms with Crippen molar-refractivity contribution in [3.8, 4) is 0 Å². The highest BCUT2D eigenvalue weighted by atomic mass is 35.5. The van der Waals surface area contributed by atoms with Gasteiger partial charge in [0, 0.05) is 50.7 Å². The maximum atomic E-state index is 12.6. The zero-order valence-electron chi connectivity index (χ0n) is 14.7. The second kappa shape index (κ2) is 7.51. The van der Waals surface area contributed by atoms with Crippen molar-refractivity contribution >= 4 is 34.5 Å². The van der Waals surface area contributed by atoms with Crippen LogP contribution in [0.1, 0.15) is 6.42 Å².